The number of halogens is 1. The minimum absolute atomic E-state index is 0.119. The Morgan fingerprint density at radius 3 is 2.77 bits per heavy atom. The van der Waals surface area contributed by atoms with Gasteiger partial charge in [0.15, 0.2) is 0 Å². The van der Waals surface area contributed by atoms with Crippen LogP contribution in [0, 0.1) is 0 Å². The molecule has 7 heteroatoms. The van der Waals surface area contributed by atoms with Gasteiger partial charge in [-0.15, -0.1) is 0 Å². The molecule has 1 saturated heterocycles. The number of benzene rings is 1. The van der Waals surface area contributed by atoms with E-state index in [1.807, 2.05) is 24.3 Å². The molecule has 0 aliphatic carbocycles. The molecule has 1 aliphatic rings. The molecule has 5 nitrogen and oxygen atoms in total. The topological polar surface area (TPSA) is 66.1 Å². The maximum atomic E-state index is 12.2. The number of aromatic nitrogens is 2. The number of H-pyrrole nitrogens is 1. The monoisotopic (exact) mass is 339 g/mol. The standard InChI is InChI=1S/C15H18ClN3O2S/c1-2-22(20,21)19-9-3-4-14(19)15-17-10-13(18-15)11-5-7-12(16)8-6-11/h5-8,10,14H,2-4,9H2,1H3,(H,17,18). The molecule has 2 aromatic rings. The van der Waals surface area contributed by atoms with Crippen LogP contribution in [-0.4, -0.2) is 35.0 Å². The summed E-state index contributed by atoms with van der Waals surface area (Å²) in [6.07, 6.45) is 3.40. The lowest BCUT2D eigenvalue weighted by molar-refractivity contribution is 0.386. The Balaban J connectivity index is 1.88. The van der Waals surface area contributed by atoms with Crippen LogP contribution in [0.4, 0.5) is 0 Å². The van der Waals surface area contributed by atoms with Gasteiger partial charge in [-0.3, -0.25) is 0 Å². The number of nitrogens with zero attached hydrogens (tertiary/aromatic N) is 2. The zero-order valence-corrected chi connectivity index (χ0v) is 13.9. The van der Waals surface area contributed by atoms with Crippen LogP contribution in [0.1, 0.15) is 31.6 Å². The van der Waals surface area contributed by atoms with Gasteiger partial charge in [0.25, 0.3) is 0 Å². The molecule has 1 aromatic heterocycles. The van der Waals surface area contributed by atoms with Gasteiger partial charge in [0.1, 0.15) is 5.82 Å². The molecule has 0 amide bonds. The molecular weight excluding hydrogens is 322 g/mol. The molecular formula is C15H18ClN3O2S. The van der Waals surface area contributed by atoms with E-state index in [2.05, 4.69) is 9.97 Å². The third-order valence-corrected chi connectivity index (χ3v) is 6.13. The SMILES string of the molecule is CCS(=O)(=O)N1CCCC1c1ncc(-c2ccc(Cl)cc2)[nH]1. The number of sulfonamides is 1. The second kappa shape index (κ2) is 6.02. The first-order chi connectivity index (χ1) is 10.5. The van der Waals surface area contributed by atoms with Gasteiger partial charge in [0.2, 0.25) is 10.0 Å². The molecule has 1 aliphatic heterocycles. The van der Waals surface area contributed by atoms with Crippen LogP contribution in [-0.2, 0) is 10.0 Å². The van der Waals surface area contributed by atoms with Crippen LogP contribution in [0.15, 0.2) is 30.5 Å². The maximum absolute atomic E-state index is 12.2. The third-order valence-electron chi connectivity index (χ3n) is 3.99. The molecule has 118 valence electrons. The van der Waals surface area contributed by atoms with Crippen LogP contribution in [0.25, 0.3) is 11.3 Å². The lowest BCUT2D eigenvalue weighted by atomic mass is 10.2. The summed E-state index contributed by atoms with van der Waals surface area (Å²) in [6, 6.07) is 7.27. The van der Waals surface area contributed by atoms with E-state index in [4.69, 9.17) is 11.6 Å². The van der Waals surface area contributed by atoms with Crippen molar-refractivity contribution in [2.24, 2.45) is 0 Å². The van der Waals surface area contributed by atoms with E-state index in [1.165, 1.54) is 0 Å². The van der Waals surface area contributed by atoms with E-state index < -0.39 is 10.0 Å². The van der Waals surface area contributed by atoms with E-state index in [1.54, 1.807) is 17.4 Å². The van der Waals surface area contributed by atoms with Crippen molar-refractivity contribution in [3.05, 3.63) is 41.3 Å². The molecule has 1 unspecified atom stereocenters. The molecule has 0 spiro atoms. The van der Waals surface area contributed by atoms with Gasteiger partial charge in [0, 0.05) is 11.6 Å². The van der Waals surface area contributed by atoms with Crippen molar-refractivity contribution in [3.63, 3.8) is 0 Å². The summed E-state index contributed by atoms with van der Waals surface area (Å²) in [5, 5.41) is 0.680. The highest BCUT2D eigenvalue weighted by Gasteiger charge is 2.35. The molecule has 1 fully saturated rings. The van der Waals surface area contributed by atoms with Crippen molar-refractivity contribution in [2.75, 3.05) is 12.3 Å². The average molecular weight is 340 g/mol. The minimum atomic E-state index is -3.20. The summed E-state index contributed by atoms with van der Waals surface area (Å²) in [5.74, 6) is 0.827. The molecule has 0 radical (unpaired) electrons. The quantitative estimate of drug-likeness (QED) is 0.930. The summed E-state index contributed by atoms with van der Waals surface area (Å²) >= 11 is 5.89. The van der Waals surface area contributed by atoms with Crippen molar-refractivity contribution in [1.82, 2.24) is 14.3 Å². The molecule has 0 bridgehead atoms. The maximum Gasteiger partial charge on any atom is 0.214 e. The predicted octanol–water partition coefficient (Wildman–Crippen LogP) is 3.22. The van der Waals surface area contributed by atoms with Crippen LogP contribution in [0.3, 0.4) is 0 Å². The smallest absolute Gasteiger partial charge is 0.214 e. The summed E-state index contributed by atoms with van der Waals surface area (Å²) in [5.41, 5.74) is 1.85. The molecule has 1 atom stereocenters. The zero-order chi connectivity index (χ0) is 15.7. The second-order valence-electron chi connectivity index (χ2n) is 5.36. The Hall–Kier alpha value is -1.37. The van der Waals surface area contributed by atoms with E-state index in [-0.39, 0.29) is 11.8 Å². The van der Waals surface area contributed by atoms with E-state index in [9.17, 15) is 8.42 Å². The first kappa shape index (κ1) is 15.5. The number of rotatable bonds is 4. The molecule has 22 heavy (non-hydrogen) atoms. The lowest BCUT2D eigenvalue weighted by Crippen LogP contribution is -2.32. The molecule has 0 saturated carbocycles. The van der Waals surface area contributed by atoms with Crippen LogP contribution >= 0.6 is 11.6 Å². The fourth-order valence-corrected chi connectivity index (χ4v) is 4.25. The Kier molecular flexibility index (Phi) is 4.25. The molecule has 1 aromatic carbocycles. The number of hydrogen-bond acceptors (Lipinski definition) is 3. The Morgan fingerprint density at radius 1 is 1.36 bits per heavy atom. The fourth-order valence-electron chi connectivity index (χ4n) is 2.79. The number of imidazole rings is 1. The highest BCUT2D eigenvalue weighted by atomic mass is 35.5. The van der Waals surface area contributed by atoms with Crippen molar-refractivity contribution in [2.45, 2.75) is 25.8 Å². The van der Waals surface area contributed by atoms with E-state index in [0.717, 1.165) is 24.1 Å². The van der Waals surface area contributed by atoms with Gasteiger partial charge < -0.3 is 4.98 Å². The average Bonchev–Trinajstić information content (AvgIpc) is 3.17. The van der Waals surface area contributed by atoms with Crippen molar-refractivity contribution in [1.29, 1.82) is 0 Å². The number of nitrogens with one attached hydrogen (secondary N) is 1. The Morgan fingerprint density at radius 2 is 2.09 bits per heavy atom. The molecule has 2 heterocycles. The number of hydrogen-bond donors (Lipinski definition) is 1. The highest BCUT2D eigenvalue weighted by Crippen LogP contribution is 2.33. The molecule has 1 N–H and O–H groups in total. The van der Waals surface area contributed by atoms with E-state index in [0.29, 0.717) is 17.4 Å². The normalized spacial score (nSPS) is 19.6. The van der Waals surface area contributed by atoms with Gasteiger partial charge in [-0.1, -0.05) is 23.7 Å². The Bertz CT molecular complexity index is 755. The number of aromatic amines is 1. The van der Waals surface area contributed by atoms with Crippen LogP contribution in [0.5, 0.6) is 0 Å². The second-order valence-corrected chi connectivity index (χ2v) is 8.00. The first-order valence-electron chi connectivity index (χ1n) is 7.31. The van der Waals surface area contributed by atoms with Crippen LogP contribution < -0.4 is 0 Å². The van der Waals surface area contributed by atoms with Gasteiger partial charge in [-0.2, -0.15) is 4.31 Å². The van der Waals surface area contributed by atoms with Gasteiger partial charge in [-0.25, -0.2) is 13.4 Å². The van der Waals surface area contributed by atoms with E-state index >= 15 is 0 Å². The summed E-state index contributed by atoms with van der Waals surface area (Å²) in [7, 11) is -3.20. The first-order valence-corrected chi connectivity index (χ1v) is 9.30. The van der Waals surface area contributed by atoms with Gasteiger partial charge in [0.05, 0.1) is 23.7 Å². The Labute approximate surface area is 135 Å². The van der Waals surface area contributed by atoms with Crippen molar-refractivity contribution >= 4 is 21.6 Å². The van der Waals surface area contributed by atoms with Crippen LogP contribution in [0.2, 0.25) is 5.02 Å². The summed E-state index contributed by atoms with van der Waals surface area (Å²) < 4.78 is 25.9. The predicted molar refractivity (Wildman–Crippen MR) is 87.2 cm³/mol. The van der Waals surface area contributed by atoms with Gasteiger partial charge in [-0.05, 0) is 37.5 Å². The molecule has 3 rings (SSSR count). The summed E-state index contributed by atoms with van der Waals surface area (Å²) in [6.45, 7) is 2.24. The fraction of sp³-hybridized carbons (Fsp3) is 0.400. The zero-order valence-electron chi connectivity index (χ0n) is 12.3. The third kappa shape index (κ3) is 2.91. The van der Waals surface area contributed by atoms with Crippen molar-refractivity contribution < 1.29 is 8.42 Å². The minimum Gasteiger partial charge on any atom is -0.341 e. The van der Waals surface area contributed by atoms with Gasteiger partial charge >= 0.3 is 0 Å². The summed E-state index contributed by atoms with van der Waals surface area (Å²) in [4.78, 5) is 7.66. The lowest BCUT2D eigenvalue weighted by Gasteiger charge is -2.21. The largest absolute Gasteiger partial charge is 0.341 e. The highest BCUT2D eigenvalue weighted by molar-refractivity contribution is 7.89. The van der Waals surface area contributed by atoms with Crippen molar-refractivity contribution in [3.8, 4) is 11.3 Å².